The Morgan fingerprint density at radius 3 is 2.50 bits per heavy atom. The van der Waals surface area contributed by atoms with Gasteiger partial charge in [-0.15, -0.1) is 0 Å². The van der Waals surface area contributed by atoms with E-state index in [9.17, 15) is 20.1 Å². The highest BCUT2D eigenvalue weighted by Crippen LogP contribution is 2.23. The van der Waals surface area contributed by atoms with E-state index in [4.69, 9.17) is 4.74 Å². The number of cyclic esters (lactones) is 1. The van der Waals surface area contributed by atoms with Crippen LogP contribution in [0.1, 0.15) is 11.7 Å². The van der Waals surface area contributed by atoms with E-state index in [0.717, 1.165) is 6.08 Å². The van der Waals surface area contributed by atoms with Gasteiger partial charge in [-0.1, -0.05) is 30.3 Å². The summed E-state index contributed by atoms with van der Waals surface area (Å²) >= 11 is 0. The van der Waals surface area contributed by atoms with Crippen LogP contribution < -0.4 is 0 Å². The fourth-order valence-electron chi connectivity index (χ4n) is 1.83. The molecule has 1 aliphatic heterocycles. The van der Waals surface area contributed by atoms with Gasteiger partial charge in [0.15, 0.2) is 6.10 Å². The zero-order valence-electron chi connectivity index (χ0n) is 9.51. The summed E-state index contributed by atoms with van der Waals surface area (Å²) in [5.74, 6) is -0.649. The summed E-state index contributed by atoms with van der Waals surface area (Å²) < 4.78 is 4.82. The first-order valence-electron chi connectivity index (χ1n) is 5.57. The van der Waals surface area contributed by atoms with Crippen LogP contribution in [0.15, 0.2) is 42.5 Å². The molecule has 0 radical (unpaired) electrons. The van der Waals surface area contributed by atoms with Crippen LogP contribution in [0.2, 0.25) is 0 Å². The molecule has 1 aliphatic rings. The first-order valence-corrected chi connectivity index (χ1v) is 5.57. The molecule has 0 aliphatic carbocycles. The summed E-state index contributed by atoms with van der Waals surface area (Å²) in [4.78, 5) is 11.1. The van der Waals surface area contributed by atoms with E-state index in [1.54, 1.807) is 30.3 Å². The standard InChI is InChI=1S/C13H14O5/c14-9-6-7-10(15)18-13(9)12(17)11(16)8-4-2-1-3-5-8/h1-7,9,11-14,16-17H/t9-,11-,12-,13-/m1/s1. The number of esters is 1. The van der Waals surface area contributed by atoms with Gasteiger partial charge >= 0.3 is 5.97 Å². The summed E-state index contributed by atoms with van der Waals surface area (Å²) in [5.41, 5.74) is 0.489. The van der Waals surface area contributed by atoms with Crippen LogP contribution in [-0.4, -0.2) is 39.6 Å². The molecule has 96 valence electrons. The number of aliphatic hydroxyl groups is 3. The molecule has 0 bridgehead atoms. The third-order valence-corrected chi connectivity index (χ3v) is 2.82. The predicted molar refractivity (Wildman–Crippen MR) is 62.4 cm³/mol. The number of hydrogen-bond donors (Lipinski definition) is 3. The van der Waals surface area contributed by atoms with Gasteiger partial charge in [0.1, 0.15) is 18.3 Å². The minimum absolute atomic E-state index is 0.489. The lowest BCUT2D eigenvalue weighted by atomic mass is 9.96. The van der Waals surface area contributed by atoms with Crippen LogP contribution in [0.4, 0.5) is 0 Å². The Hall–Kier alpha value is -1.69. The summed E-state index contributed by atoms with van der Waals surface area (Å²) in [6.45, 7) is 0. The second-order valence-corrected chi connectivity index (χ2v) is 4.10. The maximum Gasteiger partial charge on any atom is 0.330 e. The van der Waals surface area contributed by atoms with Crippen LogP contribution in [0.3, 0.4) is 0 Å². The van der Waals surface area contributed by atoms with Crippen LogP contribution in [0.25, 0.3) is 0 Å². The number of carbonyl (C=O) groups is 1. The van der Waals surface area contributed by atoms with Crippen molar-refractivity contribution in [2.75, 3.05) is 0 Å². The molecule has 2 rings (SSSR count). The van der Waals surface area contributed by atoms with Crippen molar-refractivity contribution < 1.29 is 24.9 Å². The fourth-order valence-corrected chi connectivity index (χ4v) is 1.83. The molecule has 0 spiro atoms. The van der Waals surface area contributed by atoms with E-state index >= 15 is 0 Å². The normalized spacial score (nSPS) is 26.5. The monoisotopic (exact) mass is 250 g/mol. The van der Waals surface area contributed by atoms with Gasteiger partial charge in [-0.05, 0) is 11.6 Å². The van der Waals surface area contributed by atoms with Gasteiger partial charge in [-0.25, -0.2) is 4.79 Å². The number of carbonyl (C=O) groups excluding carboxylic acids is 1. The molecule has 5 heteroatoms. The van der Waals surface area contributed by atoms with E-state index in [1.165, 1.54) is 6.08 Å². The van der Waals surface area contributed by atoms with Crippen LogP contribution in [0, 0.1) is 0 Å². The number of benzene rings is 1. The average molecular weight is 250 g/mol. The quantitative estimate of drug-likeness (QED) is 0.653. The molecule has 0 saturated heterocycles. The lowest BCUT2D eigenvalue weighted by molar-refractivity contribution is -0.166. The molecule has 1 aromatic carbocycles. The van der Waals surface area contributed by atoms with Crippen LogP contribution in [-0.2, 0) is 9.53 Å². The highest BCUT2D eigenvalue weighted by molar-refractivity contribution is 5.83. The van der Waals surface area contributed by atoms with Crippen molar-refractivity contribution in [3.63, 3.8) is 0 Å². The Morgan fingerprint density at radius 1 is 1.17 bits per heavy atom. The van der Waals surface area contributed by atoms with Crippen molar-refractivity contribution in [1.82, 2.24) is 0 Å². The van der Waals surface area contributed by atoms with Crippen molar-refractivity contribution >= 4 is 5.97 Å². The number of aliphatic hydroxyl groups excluding tert-OH is 3. The topological polar surface area (TPSA) is 87.0 Å². The Morgan fingerprint density at radius 2 is 1.83 bits per heavy atom. The van der Waals surface area contributed by atoms with Gasteiger partial charge in [0.25, 0.3) is 0 Å². The first-order chi connectivity index (χ1) is 8.59. The van der Waals surface area contributed by atoms with Crippen LogP contribution in [0.5, 0.6) is 0 Å². The molecule has 0 saturated carbocycles. The fraction of sp³-hybridized carbons (Fsp3) is 0.308. The second-order valence-electron chi connectivity index (χ2n) is 4.10. The van der Waals surface area contributed by atoms with Crippen LogP contribution >= 0.6 is 0 Å². The Bertz CT molecular complexity index is 442. The lowest BCUT2D eigenvalue weighted by Gasteiger charge is -2.30. The second kappa shape index (κ2) is 5.30. The van der Waals surface area contributed by atoms with Gasteiger partial charge in [-0.2, -0.15) is 0 Å². The maximum atomic E-state index is 11.1. The van der Waals surface area contributed by atoms with E-state index in [1.807, 2.05) is 0 Å². The SMILES string of the molecule is O=C1C=C[C@@H](O)[C@H]([C@H](O)[C@H](O)c2ccccc2)O1. The summed E-state index contributed by atoms with van der Waals surface area (Å²) in [6, 6.07) is 8.49. The third kappa shape index (κ3) is 2.59. The van der Waals surface area contributed by atoms with E-state index in [-0.39, 0.29) is 0 Å². The molecule has 0 fully saturated rings. The van der Waals surface area contributed by atoms with Gasteiger partial charge in [0, 0.05) is 6.08 Å². The minimum atomic E-state index is -1.39. The van der Waals surface area contributed by atoms with Crippen molar-refractivity contribution in [2.24, 2.45) is 0 Å². The van der Waals surface area contributed by atoms with E-state index in [2.05, 4.69) is 0 Å². The Kier molecular flexibility index (Phi) is 3.76. The zero-order chi connectivity index (χ0) is 13.1. The predicted octanol–water partition coefficient (Wildman–Crippen LogP) is -0.0766. The maximum absolute atomic E-state index is 11.1. The molecule has 0 unspecified atom stereocenters. The van der Waals surface area contributed by atoms with Crippen molar-refractivity contribution in [3.8, 4) is 0 Å². The van der Waals surface area contributed by atoms with Crippen molar-refractivity contribution in [2.45, 2.75) is 24.4 Å². The zero-order valence-corrected chi connectivity index (χ0v) is 9.51. The highest BCUT2D eigenvalue weighted by Gasteiger charge is 2.36. The molecule has 1 heterocycles. The smallest absolute Gasteiger partial charge is 0.330 e. The molecule has 18 heavy (non-hydrogen) atoms. The third-order valence-electron chi connectivity index (χ3n) is 2.82. The van der Waals surface area contributed by atoms with E-state index in [0.29, 0.717) is 5.56 Å². The van der Waals surface area contributed by atoms with Gasteiger partial charge < -0.3 is 20.1 Å². The molecular formula is C13H14O5. The Balaban J connectivity index is 2.14. The van der Waals surface area contributed by atoms with Gasteiger partial charge in [-0.3, -0.25) is 0 Å². The van der Waals surface area contributed by atoms with E-state index < -0.39 is 30.4 Å². The Labute approximate surface area is 104 Å². The summed E-state index contributed by atoms with van der Waals surface area (Å²) in [6.07, 6.45) is -2.60. The molecule has 0 amide bonds. The molecular weight excluding hydrogens is 236 g/mol. The van der Waals surface area contributed by atoms with Crippen molar-refractivity contribution in [1.29, 1.82) is 0 Å². The summed E-state index contributed by atoms with van der Waals surface area (Å²) in [5, 5.41) is 29.5. The van der Waals surface area contributed by atoms with Crippen molar-refractivity contribution in [3.05, 3.63) is 48.0 Å². The lowest BCUT2D eigenvalue weighted by Crippen LogP contribution is -2.45. The summed E-state index contributed by atoms with van der Waals surface area (Å²) in [7, 11) is 0. The highest BCUT2D eigenvalue weighted by atomic mass is 16.6. The molecule has 1 aromatic rings. The molecule has 3 N–H and O–H groups in total. The van der Waals surface area contributed by atoms with Gasteiger partial charge in [0.2, 0.25) is 0 Å². The number of rotatable bonds is 3. The molecule has 0 aromatic heterocycles. The average Bonchev–Trinajstić information content (AvgIpc) is 2.41. The number of ether oxygens (including phenoxy) is 1. The largest absolute Gasteiger partial charge is 0.453 e. The minimum Gasteiger partial charge on any atom is -0.453 e. The first kappa shape index (κ1) is 12.8. The number of hydrogen-bond acceptors (Lipinski definition) is 5. The molecule has 5 nitrogen and oxygen atoms in total. The van der Waals surface area contributed by atoms with Gasteiger partial charge in [0.05, 0.1) is 0 Å². The molecule has 4 atom stereocenters.